The quantitative estimate of drug-likeness (QED) is 0.286. The van der Waals surface area contributed by atoms with E-state index in [9.17, 15) is 0 Å². The third-order valence-electron chi connectivity index (χ3n) is 7.42. The lowest BCUT2D eigenvalue weighted by Gasteiger charge is -2.24. The molecule has 3 aromatic heterocycles. The van der Waals surface area contributed by atoms with Crippen molar-refractivity contribution in [2.75, 3.05) is 4.90 Å². The van der Waals surface area contributed by atoms with E-state index in [-0.39, 0.29) is 0 Å². The fourth-order valence-electron chi connectivity index (χ4n) is 5.48. The third kappa shape index (κ3) is 3.50. The van der Waals surface area contributed by atoms with Crippen LogP contribution in [0.2, 0.25) is 5.15 Å². The van der Waals surface area contributed by atoms with E-state index < -0.39 is 0 Å². The summed E-state index contributed by atoms with van der Waals surface area (Å²) in [5.74, 6) is 2.11. The van der Waals surface area contributed by atoms with E-state index in [1.807, 2.05) is 26.5 Å². The van der Waals surface area contributed by atoms with Crippen LogP contribution in [0.25, 0.3) is 34.4 Å². The van der Waals surface area contributed by atoms with Gasteiger partial charge in [0, 0.05) is 11.9 Å². The number of rotatable bonds is 2. The van der Waals surface area contributed by atoms with E-state index in [0.29, 0.717) is 24.2 Å². The molecule has 0 N–H and O–H groups in total. The van der Waals surface area contributed by atoms with Gasteiger partial charge in [0.2, 0.25) is 5.82 Å². The molecule has 2 aromatic carbocycles. The molecule has 39 heavy (non-hydrogen) atoms. The molecule has 2 aliphatic rings. The summed E-state index contributed by atoms with van der Waals surface area (Å²) in [4.78, 5) is 11.7. The van der Waals surface area contributed by atoms with Crippen LogP contribution >= 0.6 is 11.6 Å². The molecule has 5 heterocycles. The minimum atomic E-state index is 0.473. The van der Waals surface area contributed by atoms with E-state index in [4.69, 9.17) is 21.7 Å². The second-order valence-electron chi connectivity index (χ2n) is 10.3. The molecular formula is C29H27ClN9+. The first-order chi connectivity index (χ1) is 18.8. The fraction of sp³-hybridized carbons (Fsp3) is 0.207. The molecule has 0 spiro atoms. The van der Waals surface area contributed by atoms with Crippen molar-refractivity contribution < 1.29 is 4.57 Å². The number of hydrogen-bond donors (Lipinski definition) is 0. The van der Waals surface area contributed by atoms with Crippen LogP contribution in [0.5, 0.6) is 0 Å². The summed E-state index contributed by atoms with van der Waals surface area (Å²) in [7, 11) is 0. The number of aromatic nitrogens is 8. The SMILES string of the molecule is C=CN1C(=C(C)C)Cn2nc(-[n+]3cn4c(c3Cl)Cn3ncnc3-c3cc(C)ccc3-4)nc2-c2cc(C)ccc21. The lowest BCUT2D eigenvalue weighted by atomic mass is 10.1. The third-order valence-corrected chi connectivity index (χ3v) is 7.82. The molecule has 0 fully saturated rings. The summed E-state index contributed by atoms with van der Waals surface area (Å²) in [5, 5.41) is 9.99. The maximum Gasteiger partial charge on any atom is 0.412 e. The smallest absolute Gasteiger partial charge is 0.319 e. The molecule has 10 heteroatoms. The molecule has 0 amide bonds. The van der Waals surface area contributed by atoms with E-state index in [0.717, 1.165) is 56.7 Å². The van der Waals surface area contributed by atoms with Crippen molar-refractivity contribution in [2.24, 2.45) is 0 Å². The number of aryl methyl sites for hydroxylation is 2. The zero-order valence-corrected chi connectivity index (χ0v) is 23.0. The van der Waals surface area contributed by atoms with Crippen LogP contribution in [-0.4, -0.2) is 34.1 Å². The van der Waals surface area contributed by atoms with Crippen molar-refractivity contribution >= 4 is 17.3 Å². The molecule has 0 radical (unpaired) electrons. The highest BCUT2D eigenvalue weighted by Gasteiger charge is 2.34. The zero-order valence-electron chi connectivity index (χ0n) is 22.2. The van der Waals surface area contributed by atoms with Crippen molar-refractivity contribution in [3.05, 3.63) is 95.1 Å². The molecule has 194 valence electrons. The maximum atomic E-state index is 7.09. The molecule has 0 bridgehead atoms. The van der Waals surface area contributed by atoms with Gasteiger partial charge in [0.1, 0.15) is 17.7 Å². The van der Waals surface area contributed by atoms with Gasteiger partial charge >= 0.3 is 5.95 Å². The molecule has 7 rings (SSSR count). The van der Waals surface area contributed by atoms with Crippen LogP contribution in [0.4, 0.5) is 5.69 Å². The molecular weight excluding hydrogens is 510 g/mol. The number of nitrogens with zero attached hydrogens (tertiary/aromatic N) is 9. The number of fused-ring (bicyclic) bond motifs is 8. The number of allylic oxidation sites excluding steroid dienone is 2. The van der Waals surface area contributed by atoms with Gasteiger partial charge in [-0.1, -0.05) is 40.4 Å². The largest absolute Gasteiger partial charge is 0.412 e. The monoisotopic (exact) mass is 536 g/mol. The first kappa shape index (κ1) is 23.6. The van der Waals surface area contributed by atoms with Crippen LogP contribution in [0.3, 0.4) is 0 Å². The van der Waals surface area contributed by atoms with Gasteiger partial charge in [0.15, 0.2) is 17.3 Å². The summed E-state index contributed by atoms with van der Waals surface area (Å²) >= 11 is 7.09. The summed E-state index contributed by atoms with van der Waals surface area (Å²) in [6, 6.07) is 12.7. The lowest BCUT2D eigenvalue weighted by molar-refractivity contribution is -0.600. The average Bonchev–Trinajstić information content (AvgIpc) is 3.59. The topological polar surface area (TPSA) is 73.5 Å². The van der Waals surface area contributed by atoms with E-state index in [1.165, 1.54) is 5.57 Å². The Balaban J connectivity index is 1.44. The van der Waals surface area contributed by atoms with E-state index >= 15 is 0 Å². The van der Waals surface area contributed by atoms with Crippen molar-refractivity contribution in [3.8, 4) is 34.4 Å². The van der Waals surface area contributed by atoms with Crippen LogP contribution in [0.15, 0.2) is 73.1 Å². The predicted molar refractivity (Wildman–Crippen MR) is 150 cm³/mol. The highest BCUT2D eigenvalue weighted by Crippen LogP contribution is 2.38. The maximum absolute atomic E-state index is 7.09. The van der Waals surface area contributed by atoms with Crippen LogP contribution in [0, 0.1) is 13.8 Å². The van der Waals surface area contributed by atoms with E-state index in [1.54, 1.807) is 6.33 Å². The summed E-state index contributed by atoms with van der Waals surface area (Å²) in [6.45, 7) is 13.5. The summed E-state index contributed by atoms with van der Waals surface area (Å²) < 4.78 is 7.79. The highest BCUT2D eigenvalue weighted by atomic mass is 35.5. The van der Waals surface area contributed by atoms with Gasteiger partial charge in [-0.25, -0.2) is 14.2 Å². The van der Waals surface area contributed by atoms with Crippen molar-refractivity contribution in [2.45, 2.75) is 40.8 Å². The highest BCUT2D eigenvalue weighted by molar-refractivity contribution is 6.29. The standard InChI is InChI=1S/C29H27ClN9/c1-6-35-22-9-7-19(5)12-21(22)28-33-29(34-39(28)13-24(35)17(2)3)37-16-36-23-10-8-18(4)11-20(23)27-31-15-32-38(27)14-25(36)26(37)30/h6-12,15-16H,1,13-14H2,2-5H3/q+1. The first-order valence-corrected chi connectivity index (χ1v) is 13.2. The van der Waals surface area contributed by atoms with Gasteiger partial charge in [-0.2, -0.15) is 14.3 Å². The van der Waals surface area contributed by atoms with Crippen molar-refractivity contribution in [1.82, 2.24) is 34.1 Å². The van der Waals surface area contributed by atoms with Crippen LogP contribution in [0.1, 0.15) is 30.7 Å². The van der Waals surface area contributed by atoms with Gasteiger partial charge in [0.05, 0.1) is 29.9 Å². The van der Waals surface area contributed by atoms with Crippen molar-refractivity contribution in [1.29, 1.82) is 0 Å². The Hall–Kier alpha value is -4.50. The molecule has 0 unspecified atom stereocenters. The summed E-state index contributed by atoms with van der Waals surface area (Å²) in [5.41, 5.74) is 9.47. The Morgan fingerprint density at radius 1 is 0.974 bits per heavy atom. The Bertz CT molecular complexity index is 1850. The molecule has 0 saturated carbocycles. The number of benzene rings is 2. The lowest BCUT2D eigenvalue weighted by Crippen LogP contribution is -2.32. The van der Waals surface area contributed by atoms with Gasteiger partial charge in [-0.15, -0.1) is 0 Å². The van der Waals surface area contributed by atoms with Crippen molar-refractivity contribution in [3.63, 3.8) is 0 Å². The minimum Gasteiger partial charge on any atom is -0.319 e. The fourth-order valence-corrected chi connectivity index (χ4v) is 5.75. The molecule has 0 aliphatic carbocycles. The van der Waals surface area contributed by atoms with E-state index in [2.05, 4.69) is 90.2 Å². The zero-order chi connectivity index (χ0) is 27.0. The number of halogens is 1. The van der Waals surface area contributed by atoms with Gasteiger partial charge < -0.3 is 4.90 Å². The number of hydrogen-bond acceptors (Lipinski definition) is 5. The molecule has 2 aliphatic heterocycles. The molecule has 0 atom stereocenters. The Kier molecular flexibility index (Phi) is 5.15. The Morgan fingerprint density at radius 2 is 1.69 bits per heavy atom. The average molecular weight is 537 g/mol. The normalized spacial score (nSPS) is 13.6. The minimum absolute atomic E-state index is 0.473. The number of imidazole rings is 1. The number of anilines is 1. The van der Waals surface area contributed by atoms with Gasteiger partial charge in [0.25, 0.3) is 0 Å². The Labute approximate surface area is 230 Å². The second kappa shape index (κ2) is 8.51. The molecule has 5 aromatic rings. The second-order valence-corrected chi connectivity index (χ2v) is 10.6. The van der Waals surface area contributed by atoms with Gasteiger partial charge in [-0.05, 0) is 68.7 Å². The van der Waals surface area contributed by atoms with Gasteiger partial charge in [-0.3, -0.25) is 0 Å². The summed E-state index contributed by atoms with van der Waals surface area (Å²) in [6.07, 6.45) is 5.41. The first-order valence-electron chi connectivity index (χ1n) is 12.8. The van der Waals surface area contributed by atoms with Crippen LogP contribution in [-0.2, 0) is 13.1 Å². The molecule has 9 nitrogen and oxygen atoms in total. The van der Waals surface area contributed by atoms with Crippen LogP contribution < -0.4 is 9.47 Å². The Morgan fingerprint density at radius 3 is 2.41 bits per heavy atom. The predicted octanol–water partition coefficient (Wildman–Crippen LogP) is 5.16. The molecule has 0 saturated heterocycles.